The number of nitrogens with one attached hydrogen (secondary N) is 3. The molecular formula is C28H39ClN8O5. The van der Waals surface area contributed by atoms with E-state index in [9.17, 15) is 24.3 Å². The normalized spacial score (nSPS) is 12.9. The van der Waals surface area contributed by atoms with E-state index in [0.717, 1.165) is 16.7 Å². The monoisotopic (exact) mass is 602 g/mol. The summed E-state index contributed by atoms with van der Waals surface area (Å²) >= 11 is 5.96. The number of carbonyl (C=O) groups excluding carboxylic acids is 4. The third-order valence-corrected chi connectivity index (χ3v) is 6.69. The molecule has 4 amide bonds. The van der Waals surface area contributed by atoms with Crippen LogP contribution in [0.1, 0.15) is 35.1 Å². The molecule has 228 valence electrons. The summed E-state index contributed by atoms with van der Waals surface area (Å²) in [5.41, 5.74) is 25.2. The lowest BCUT2D eigenvalue weighted by Crippen LogP contribution is -2.57. The maximum atomic E-state index is 13.5. The predicted molar refractivity (Wildman–Crippen MR) is 160 cm³/mol. The number of amides is 4. The number of nitrogens with two attached hydrogens (primary N) is 4. The number of hydrogen-bond donors (Lipinski definition) is 8. The summed E-state index contributed by atoms with van der Waals surface area (Å²) in [5, 5.41) is 18.1. The second-order valence-corrected chi connectivity index (χ2v) is 10.4. The second-order valence-electron chi connectivity index (χ2n) is 9.95. The van der Waals surface area contributed by atoms with Crippen molar-refractivity contribution in [2.45, 2.75) is 57.7 Å². The molecule has 0 aliphatic rings. The van der Waals surface area contributed by atoms with Crippen molar-refractivity contribution in [2.24, 2.45) is 27.9 Å². The molecule has 2 aromatic carbocycles. The minimum Gasteiger partial charge on any atom is -0.508 e. The summed E-state index contributed by atoms with van der Waals surface area (Å²) in [5.74, 6) is -2.63. The van der Waals surface area contributed by atoms with Gasteiger partial charge >= 0.3 is 0 Å². The van der Waals surface area contributed by atoms with E-state index < -0.39 is 48.3 Å². The van der Waals surface area contributed by atoms with E-state index in [1.807, 2.05) is 0 Å². The molecular weight excluding hydrogens is 564 g/mol. The Hall–Kier alpha value is -4.36. The number of aliphatic imine (C=N–C) groups is 1. The number of phenolic OH excluding ortho intramolecular Hbond substituents is 1. The highest BCUT2D eigenvalue weighted by Crippen LogP contribution is 2.22. The maximum Gasteiger partial charge on any atom is 0.243 e. The number of primary amides is 1. The predicted octanol–water partition coefficient (Wildman–Crippen LogP) is -0.600. The lowest BCUT2D eigenvalue weighted by Gasteiger charge is -2.24. The number of hydrogen-bond acceptors (Lipinski definition) is 7. The molecule has 0 heterocycles. The molecule has 0 saturated heterocycles. The number of rotatable bonds is 15. The Labute approximate surface area is 249 Å². The van der Waals surface area contributed by atoms with Crippen molar-refractivity contribution in [3.63, 3.8) is 0 Å². The van der Waals surface area contributed by atoms with Gasteiger partial charge in [-0.15, -0.1) is 0 Å². The zero-order valence-corrected chi connectivity index (χ0v) is 24.4. The SMILES string of the molecule is Cc1cc(O)cc(C)c1C[C@H](N)C(=O)N[C@H](CCCN=C(N)N)C(=O)N[C@@H](Cc1ccc(Cl)cc1)C(=O)NCC(N)=O. The summed E-state index contributed by atoms with van der Waals surface area (Å²) in [6.07, 6.45) is 0.703. The standard InChI is InChI=1S/C28H39ClN8O5/c1-15-10-19(38)11-16(2)20(15)13-21(30)25(40)36-22(4-3-9-34-28(32)33)27(42)37-23(26(41)35-14-24(31)39)12-17-5-7-18(29)8-6-17/h5-8,10-11,21-23,38H,3-4,9,12-14,30H2,1-2H3,(H2,31,39)(H,35,41)(H,36,40)(H,37,42)(H4,32,33,34)/t21-,22+,23-/m0/s1. The third-order valence-electron chi connectivity index (χ3n) is 6.44. The van der Waals surface area contributed by atoms with Crippen LogP contribution in [-0.4, -0.2) is 65.9 Å². The molecule has 0 aromatic heterocycles. The lowest BCUT2D eigenvalue weighted by atomic mass is 9.95. The fraction of sp³-hybridized carbons (Fsp3) is 0.393. The number of nitrogens with zero attached hydrogens (tertiary/aromatic N) is 1. The number of aryl methyl sites for hydroxylation is 2. The lowest BCUT2D eigenvalue weighted by molar-refractivity contribution is -0.133. The van der Waals surface area contributed by atoms with Gasteiger partial charge in [0.2, 0.25) is 23.6 Å². The van der Waals surface area contributed by atoms with E-state index in [1.165, 1.54) is 0 Å². The minimum absolute atomic E-state index is 0.0705. The topological polar surface area (TPSA) is 241 Å². The van der Waals surface area contributed by atoms with Gasteiger partial charge in [0.25, 0.3) is 0 Å². The fourth-order valence-corrected chi connectivity index (χ4v) is 4.42. The van der Waals surface area contributed by atoms with E-state index in [4.69, 9.17) is 34.5 Å². The first-order valence-corrected chi connectivity index (χ1v) is 13.7. The third kappa shape index (κ3) is 11.3. The van der Waals surface area contributed by atoms with Gasteiger partial charge in [-0.05, 0) is 79.6 Å². The Morgan fingerprint density at radius 1 is 0.905 bits per heavy atom. The summed E-state index contributed by atoms with van der Waals surface area (Å²) in [4.78, 5) is 54.6. The van der Waals surface area contributed by atoms with Crippen LogP contribution in [0.5, 0.6) is 5.75 Å². The summed E-state index contributed by atoms with van der Waals surface area (Å²) in [6.45, 7) is 3.39. The Kier molecular flexibility index (Phi) is 13.0. The van der Waals surface area contributed by atoms with Crippen molar-refractivity contribution in [3.8, 4) is 5.75 Å². The van der Waals surface area contributed by atoms with Crippen LogP contribution in [0.15, 0.2) is 41.4 Å². The molecule has 0 unspecified atom stereocenters. The van der Waals surface area contributed by atoms with E-state index in [1.54, 1.807) is 50.2 Å². The van der Waals surface area contributed by atoms with Gasteiger partial charge in [0.1, 0.15) is 17.8 Å². The molecule has 0 radical (unpaired) electrons. The molecule has 0 bridgehead atoms. The summed E-state index contributed by atoms with van der Waals surface area (Å²) in [6, 6.07) is 6.64. The highest BCUT2D eigenvalue weighted by atomic mass is 35.5. The number of guanidine groups is 1. The molecule has 3 atom stereocenters. The van der Waals surface area contributed by atoms with Crippen LogP contribution >= 0.6 is 11.6 Å². The molecule has 2 rings (SSSR count). The molecule has 42 heavy (non-hydrogen) atoms. The first-order chi connectivity index (χ1) is 19.8. The molecule has 13 nitrogen and oxygen atoms in total. The van der Waals surface area contributed by atoms with E-state index in [0.29, 0.717) is 17.0 Å². The summed E-state index contributed by atoms with van der Waals surface area (Å²) in [7, 11) is 0. The zero-order chi connectivity index (χ0) is 31.4. The molecule has 14 heteroatoms. The van der Waals surface area contributed by atoms with Crippen molar-refractivity contribution in [3.05, 3.63) is 63.7 Å². The van der Waals surface area contributed by atoms with Crippen molar-refractivity contribution < 1.29 is 24.3 Å². The van der Waals surface area contributed by atoms with Crippen LogP contribution in [0.2, 0.25) is 5.02 Å². The van der Waals surface area contributed by atoms with Gasteiger partial charge in [0.15, 0.2) is 5.96 Å². The number of carbonyl (C=O) groups is 4. The van der Waals surface area contributed by atoms with Crippen molar-refractivity contribution in [2.75, 3.05) is 13.1 Å². The Morgan fingerprint density at radius 2 is 1.50 bits per heavy atom. The molecule has 0 fully saturated rings. The maximum absolute atomic E-state index is 13.5. The Bertz CT molecular complexity index is 1270. The van der Waals surface area contributed by atoms with Gasteiger partial charge in [0.05, 0.1) is 12.6 Å². The van der Waals surface area contributed by atoms with Gasteiger partial charge in [-0.25, -0.2) is 0 Å². The van der Waals surface area contributed by atoms with Gasteiger partial charge in [0, 0.05) is 18.0 Å². The Morgan fingerprint density at radius 3 is 2.07 bits per heavy atom. The van der Waals surface area contributed by atoms with Crippen molar-refractivity contribution in [1.29, 1.82) is 0 Å². The van der Waals surface area contributed by atoms with Crippen molar-refractivity contribution >= 4 is 41.2 Å². The number of benzene rings is 2. The minimum atomic E-state index is -1.11. The fourth-order valence-electron chi connectivity index (χ4n) is 4.29. The molecule has 0 aliphatic heterocycles. The Balaban J connectivity index is 2.23. The highest BCUT2D eigenvalue weighted by molar-refractivity contribution is 6.30. The molecule has 0 spiro atoms. The summed E-state index contributed by atoms with van der Waals surface area (Å²) < 4.78 is 0. The van der Waals surface area contributed by atoms with Gasteiger partial charge < -0.3 is 44.0 Å². The first-order valence-electron chi connectivity index (χ1n) is 13.3. The largest absolute Gasteiger partial charge is 0.508 e. The first kappa shape index (κ1) is 33.8. The van der Waals surface area contributed by atoms with Crippen LogP contribution in [0.4, 0.5) is 0 Å². The van der Waals surface area contributed by atoms with E-state index >= 15 is 0 Å². The van der Waals surface area contributed by atoms with Gasteiger partial charge in [-0.2, -0.15) is 0 Å². The van der Waals surface area contributed by atoms with E-state index in [2.05, 4.69) is 20.9 Å². The molecule has 0 aliphatic carbocycles. The van der Waals surface area contributed by atoms with E-state index in [-0.39, 0.29) is 37.5 Å². The number of aromatic hydroxyl groups is 1. The quantitative estimate of drug-likeness (QED) is 0.0741. The number of halogens is 1. The van der Waals surface area contributed by atoms with Crippen molar-refractivity contribution in [1.82, 2.24) is 16.0 Å². The van der Waals surface area contributed by atoms with Gasteiger partial charge in [-0.1, -0.05) is 23.7 Å². The van der Waals surface area contributed by atoms with Crippen LogP contribution in [-0.2, 0) is 32.0 Å². The average Bonchev–Trinajstić information content (AvgIpc) is 2.91. The molecule has 12 N–H and O–H groups in total. The van der Waals surface area contributed by atoms with Crippen LogP contribution in [0.3, 0.4) is 0 Å². The van der Waals surface area contributed by atoms with Crippen LogP contribution in [0, 0.1) is 13.8 Å². The van der Waals surface area contributed by atoms with Crippen LogP contribution in [0.25, 0.3) is 0 Å². The number of phenols is 1. The van der Waals surface area contributed by atoms with Crippen LogP contribution < -0.4 is 38.9 Å². The second kappa shape index (κ2) is 16.2. The highest BCUT2D eigenvalue weighted by Gasteiger charge is 2.28. The molecule has 2 aromatic rings. The zero-order valence-electron chi connectivity index (χ0n) is 23.7. The smallest absolute Gasteiger partial charge is 0.243 e. The van der Waals surface area contributed by atoms with Gasteiger partial charge in [-0.3, -0.25) is 24.2 Å². The molecule has 0 saturated carbocycles. The average molecular weight is 603 g/mol.